The fourth-order valence-electron chi connectivity index (χ4n) is 1.75. The van der Waals surface area contributed by atoms with Crippen LogP contribution in [0, 0.1) is 13.8 Å². The van der Waals surface area contributed by atoms with Crippen LogP contribution in [-0.2, 0) is 5.75 Å². The lowest BCUT2D eigenvalue weighted by molar-refractivity contribution is 0.942. The molecule has 0 radical (unpaired) electrons. The van der Waals surface area contributed by atoms with E-state index in [1.807, 2.05) is 23.1 Å². The first kappa shape index (κ1) is 12.4. The Labute approximate surface area is 106 Å². The summed E-state index contributed by atoms with van der Waals surface area (Å²) in [7, 11) is 0. The number of hydrogen-bond donors (Lipinski definition) is 1. The van der Waals surface area contributed by atoms with E-state index in [0.717, 1.165) is 41.6 Å². The van der Waals surface area contributed by atoms with Crippen molar-refractivity contribution in [2.75, 3.05) is 12.3 Å². The monoisotopic (exact) mass is 250 g/mol. The lowest BCUT2D eigenvalue weighted by Gasteiger charge is -1.99. The Morgan fingerprint density at radius 1 is 1.35 bits per heavy atom. The molecule has 0 aliphatic rings. The smallest absolute Gasteiger partial charge is 0.234 e. The van der Waals surface area contributed by atoms with Gasteiger partial charge >= 0.3 is 0 Å². The van der Waals surface area contributed by atoms with E-state index in [1.54, 1.807) is 0 Å². The van der Waals surface area contributed by atoms with Crippen LogP contribution in [-0.4, -0.2) is 26.7 Å². The van der Waals surface area contributed by atoms with E-state index in [0.29, 0.717) is 0 Å². The van der Waals surface area contributed by atoms with E-state index in [4.69, 9.17) is 5.73 Å². The molecule has 2 rings (SSSR count). The van der Waals surface area contributed by atoms with E-state index in [9.17, 15) is 0 Å². The third-order valence-electron chi connectivity index (χ3n) is 2.55. The first-order valence-corrected chi connectivity index (χ1v) is 6.96. The summed E-state index contributed by atoms with van der Waals surface area (Å²) >= 11 is 1.87. The van der Waals surface area contributed by atoms with Gasteiger partial charge in [0.15, 0.2) is 0 Å². The summed E-state index contributed by atoms with van der Waals surface area (Å²) in [6.07, 6.45) is 3.14. The Morgan fingerprint density at radius 2 is 2.18 bits per heavy atom. The lowest BCUT2D eigenvalue weighted by Crippen LogP contribution is -1.99. The van der Waals surface area contributed by atoms with Crippen LogP contribution in [0.25, 0.3) is 5.78 Å². The minimum Gasteiger partial charge on any atom is -0.330 e. The van der Waals surface area contributed by atoms with Gasteiger partial charge in [0.25, 0.3) is 0 Å². The second kappa shape index (κ2) is 5.51. The zero-order valence-corrected chi connectivity index (χ0v) is 11.1. The molecule has 0 spiro atoms. The summed E-state index contributed by atoms with van der Waals surface area (Å²) in [6, 6.07) is 2.07. The number of imidazole rings is 1. The predicted molar refractivity (Wildman–Crippen MR) is 72.3 cm³/mol. The number of nitrogens with zero attached hydrogens (tertiary/aromatic N) is 3. The van der Waals surface area contributed by atoms with Crippen LogP contribution in [0.3, 0.4) is 0 Å². The van der Waals surface area contributed by atoms with Crippen molar-refractivity contribution in [2.45, 2.75) is 26.0 Å². The highest BCUT2D eigenvalue weighted by molar-refractivity contribution is 7.98. The van der Waals surface area contributed by atoms with E-state index in [2.05, 4.69) is 29.2 Å². The molecule has 0 bridgehead atoms. The van der Waals surface area contributed by atoms with Crippen molar-refractivity contribution in [1.82, 2.24) is 14.4 Å². The molecule has 0 fully saturated rings. The summed E-state index contributed by atoms with van der Waals surface area (Å²) in [5, 5.41) is 0. The average Bonchev–Trinajstić information content (AvgIpc) is 2.67. The first-order valence-electron chi connectivity index (χ1n) is 5.81. The quantitative estimate of drug-likeness (QED) is 0.824. The second-order valence-electron chi connectivity index (χ2n) is 4.14. The van der Waals surface area contributed by atoms with Crippen molar-refractivity contribution in [3.8, 4) is 0 Å². The maximum absolute atomic E-state index is 5.46. The summed E-state index contributed by atoms with van der Waals surface area (Å²) in [4.78, 5) is 8.96. The number of aromatic nitrogens is 3. The molecule has 92 valence electrons. The highest BCUT2D eigenvalue weighted by Gasteiger charge is 2.05. The molecule has 0 saturated carbocycles. The normalized spacial score (nSPS) is 11.2. The maximum atomic E-state index is 5.46. The molecule has 17 heavy (non-hydrogen) atoms. The molecule has 0 unspecified atom stereocenters. The number of thioether (sulfide) groups is 1. The van der Waals surface area contributed by atoms with Gasteiger partial charge < -0.3 is 5.73 Å². The van der Waals surface area contributed by atoms with Gasteiger partial charge in [-0.15, -0.1) is 0 Å². The Kier molecular flexibility index (Phi) is 4.02. The maximum Gasteiger partial charge on any atom is 0.234 e. The molecule has 2 N–H and O–H groups in total. The van der Waals surface area contributed by atoms with E-state index >= 15 is 0 Å². The predicted octanol–water partition coefficient (Wildman–Crippen LogP) is 1.93. The summed E-state index contributed by atoms with van der Waals surface area (Å²) < 4.78 is 2.05. The van der Waals surface area contributed by atoms with Crippen LogP contribution >= 0.6 is 11.8 Å². The fraction of sp³-hybridized carbons (Fsp3) is 0.500. The Balaban J connectivity index is 2.12. The molecule has 0 aliphatic carbocycles. The Bertz CT molecular complexity index is 506. The van der Waals surface area contributed by atoms with Crippen molar-refractivity contribution in [1.29, 1.82) is 0 Å². The standard InChI is InChI=1S/C12H18N4S/c1-9-6-10(2)16-7-11(15-12(16)14-9)8-17-5-3-4-13/h6-7H,3-5,8,13H2,1-2H3. The highest BCUT2D eigenvalue weighted by Crippen LogP contribution is 2.14. The highest BCUT2D eigenvalue weighted by atomic mass is 32.2. The molecule has 0 amide bonds. The zero-order valence-electron chi connectivity index (χ0n) is 10.3. The molecule has 0 atom stereocenters. The van der Waals surface area contributed by atoms with Crippen molar-refractivity contribution >= 4 is 17.5 Å². The van der Waals surface area contributed by atoms with Gasteiger partial charge in [-0.3, -0.25) is 4.40 Å². The number of nitrogens with two attached hydrogens (primary N) is 1. The van der Waals surface area contributed by atoms with Crippen molar-refractivity contribution in [2.24, 2.45) is 5.73 Å². The largest absolute Gasteiger partial charge is 0.330 e. The molecule has 4 nitrogen and oxygen atoms in total. The number of fused-ring (bicyclic) bond motifs is 1. The minimum absolute atomic E-state index is 0.762. The summed E-state index contributed by atoms with van der Waals surface area (Å²) in [6.45, 7) is 4.84. The first-order chi connectivity index (χ1) is 8.20. The molecule has 2 aromatic heterocycles. The molecule has 2 heterocycles. The fourth-order valence-corrected chi connectivity index (χ4v) is 2.61. The SMILES string of the molecule is Cc1cc(C)n2cc(CSCCCN)nc2n1. The van der Waals surface area contributed by atoms with Gasteiger partial charge in [-0.2, -0.15) is 11.8 Å². The van der Waals surface area contributed by atoms with Gasteiger partial charge in [0, 0.05) is 23.3 Å². The van der Waals surface area contributed by atoms with Crippen LogP contribution in [0.4, 0.5) is 0 Å². The van der Waals surface area contributed by atoms with E-state index in [1.165, 1.54) is 5.69 Å². The van der Waals surface area contributed by atoms with Gasteiger partial charge in [-0.05, 0) is 38.6 Å². The topological polar surface area (TPSA) is 56.2 Å². The van der Waals surface area contributed by atoms with Gasteiger partial charge in [-0.25, -0.2) is 9.97 Å². The molecular weight excluding hydrogens is 232 g/mol. The van der Waals surface area contributed by atoms with Crippen molar-refractivity contribution < 1.29 is 0 Å². The van der Waals surface area contributed by atoms with E-state index < -0.39 is 0 Å². The average molecular weight is 250 g/mol. The third-order valence-corrected chi connectivity index (χ3v) is 3.63. The van der Waals surface area contributed by atoms with Crippen LogP contribution in [0.5, 0.6) is 0 Å². The number of aryl methyl sites for hydroxylation is 2. The van der Waals surface area contributed by atoms with Gasteiger partial charge in [-0.1, -0.05) is 0 Å². The number of hydrogen-bond acceptors (Lipinski definition) is 4. The molecule has 0 saturated heterocycles. The molecule has 0 aliphatic heterocycles. The zero-order chi connectivity index (χ0) is 12.3. The molecule has 5 heteroatoms. The van der Waals surface area contributed by atoms with E-state index in [-0.39, 0.29) is 0 Å². The van der Waals surface area contributed by atoms with Crippen LogP contribution in [0.2, 0.25) is 0 Å². The molecule has 2 aromatic rings. The Hall–Kier alpha value is -1.07. The molecule has 0 aromatic carbocycles. The van der Waals surface area contributed by atoms with Crippen LogP contribution in [0.1, 0.15) is 23.5 Å². The van der Waals surface area contributed by atoms with Crippen molar-refractivity contribution in [3.63, 3.8) is 0 Å². The van der Waals surface area contributed by atoms with Crippen molar-refractivity contribution in [3.05, 3.63) is 29.3 Å². The summed E-state index contributed by atoms with van der Waals surface area (Å²) in [5.74, 6) is 2.83. The van der Waals surface area contributed by atoms with Gasteiger partial charge in [0.05, 0.1) is 5.69 Å². The Morgan fingerprint density at radius 3 is 2.94 bits per heavy atom. The number of rotatable bonds is 5. The van der Waals surface area contributed by atoms with Gasteiger partial charge in [0.1, 0.15) is 0 Å². The van der Waals surface area contributed by atoms with Gasteiger partial charge in [0.2, 0.25) is 5.78 Å². The van der Waals surface area contributed by atoms with Crippen LogP contribution in [0.15, 0.2) is 12.3 Å². The van der Waals surface area contributed by atoms with Crippen LogP contribution < -0.4 is 5.73 Å². The second-order valence-corrected chi connectivity index (χ2v) is 5.24. The summed E-state index contributed by atoms with van der Waals surface area (Å²) in [5.41, 5.74) is 8.75. The third kappa shape index (κ3) is 2.98. The molecular formula is C12H18N4S. The minimum atomic E-state index is 0.762. The lowest BCUT2D eigenvalue weighted by atomic mass is 10.3.